The lowest BCUT2D eigenvalue weighted by Crippen LogP contribution is -2.43. The van der Waals surface area contributed by atoms with E-state index in [0.717, 1.165) is 23.4 Å². The van der Waals surface area contributed by atoms with E-state index in [9.17, 15) is 9.59 Å². The van der Waals surface area contributed by atoms with Crippen LogP contribution in [0.4, 0.5) is 11.4 Å². The van der Waals surface area contributed by atoms with Crippen molar-refractivity contribution in [3.63, 3.8) is 0 Å². The van der Waals surface area contributed by atoms with Crippen molar-refractivity contribution in [3.8, 4) is 5.75 Å². The summed E-state index contributed by atoms with van der Waals surface area (Å²) in [5, 5.41) is 3.03. The average Bonchev–Trinajstić information content (AvgIpc) is 3.20. The summed E-state index contributed by atoms with van der Waals surface area (Å²) in [4.78, 5) is 37.6. The van der Waals surface area contributed by atoms with E-state index in [1.54, 1.807) is 36.3 Å². The first-order valence-electron chi connectivity index (χ1n) is 11.2. The Kier molecular flexibility index (Phi) is 6.83. The number of nitrogens with one attached hydrogen (secondary N) is 1. The Labute approximate surface area is 198 Å². The van der Waals surface area contributed by atoms with E-state index < -0.39 is 11.3 Å². The molecule has 0 aromatic heterocycles. The van der Waals surface area contributed by atoms with Crippen LogP contribution in [0.15, 0.2) is 58.5 Å². The molecule has 0 radical (unpaired) electrons. The number of ether oxygens (including phenoxy) is 1. The molecule has 7 nitrogen and oxygen atoms in total. The van der Waals surface area contributed by atoms with Crippen LogP contribution < -0.4 is 10.1 Å². The van der Waals surface area contributed by atoms with Gasteiger partial charge in [0.05, 0.1) is 18.0 Å². The van der Waals surface area contributed by atoms with Gasteiger partial charge in [0.1, 0.15) is 17.6 Å². The highest BCUT2D eigenvalue weighted by atomic mass is 32.2. The first kappa shape index (κ1) is 23.0. The third-order valence-corrected chi connectivity index (χ3v) is 7.27. The number of hydrogen-bond acceptors (Lipinski definition) is 6. The Morgan fingerprint density at radius 1 is 1.15 bits per heavy atom. The van der Waals surface area contributed by atoms with Crippen LogP contribution in [-0.4, -0.2) is 46.1 Å². The number of para-hydroxylation sites is 1. The second-order valence-corrected chi connectivity index (χ2v) is 9.27. The fraction of sp³-hybridized carbons (Fsp3) is 0.360. The van der Waals surface area contributed by atoms with Crippen LogP contribution in [-0.2, 0) is 9.59 Å². The monoisotopic (exact) mass is 464 g/mol. The van der Waals surface area contributed by atoms with Crippen molar-refractivity contribution in [2.75, 3.05) is 12.4 Å². The van der Waals surface area contributed by atoms with Crippen molar-refractivity contribution < 1.29 is 14.3 Å². The molecule has 2 aliphatic heterocycles. The van der Waals surface area contributed by atoms with Crippen LogP contribution in [0.25, 0.3) is 0 Å². The maximum atomic E-state index is 13.4. The lowest BCUT2D eigenvalue weighted by molar-refractivity contribution is -0.125. The van der Waals surface area contributed by atoms with Crippen LogP contribution in [0.2, 0.25) is 0 Å². The van der Waals surface area contributed by atoms with Crippen molar-refractivity contribution in [3.05, 3.63) is 54.1 Å². The van der Waals surface area contributed by atoms with Crippen LogP contribution in [0, 0.1) is 5.92 Å². The van der Waals surface area contributed by atoms with E-state index >= 15 is 0 Å². The zero-order valence-corrected chi connectivity index (χ0v) is 20.1. The molecule has 0 fully saturated rings. The van der Waals surface area contributed by atoms with Gasteiger partial charge in [0.15, 0.2) is 5.17 Å². The largest absolute Gasteiger partial charge is 0.497 e. The molecule has 2 heterocycles. The smallest absolute Gasteiger partial charge is 0.259 e. The number of amides is 2. The molecule has 2 aromatic carbocycles. The zero-order chi connectivity index (χ0) is 23.5. The highest BCUT2D eigenvalue weighted by molar-refractivity contribution is 8.15. The third-order valence-electron chi connectivity index (χ3n) is 5.95. The Hall–Kier alpha value is -3.13. The summed E-state index contributed by atoms with van der Waals surface area (Å²) in [6.07, 6.45) is 1.43. The Morgan fingerprint density at radius 2 is 1.88 bits per heavy atom. The summed E-state index contributed by atoms with van der Waals surface area (Å²) in [5.74, 6) is 1.25. The summed E-state index contributed by atoms with van der Waals surface area (Å²) >= 11 is 1.30. The van der Waals surface area contributed by atoms with Gasteiger partial charge in [-0.15, -0.1) is 0 Å². The predicted octanol–water partition coefficient (Wildman–Crippen LogP) is 4.85. The second-order valence-electron chi connectivity index (χ2n) is 8.10. The SMILES string of the molecule is CC[C@H](SC1=Nc2ccccc2C2=N[C@H]([C@@H](C)CC)C(=O)N12)C(=O)Nc1ccc(OC)cc1. The van der Waals surface area contributed by atoms with Gasteiger partial charge in [-0.05, 0) is 48.7 Å². The van der Waals surface area contributed by atoms with E-state index in [1.807, 2.05) is 38.1 Å². The lowest BCUT2D eigenvalue weighted by atomic mass is 10.00. The van der Waals surface area contributed by atoms with Crippen LogP contribution >= 0.6 is 11.8 Å². The molecule has 0 saturated heterocycles. The summed E-state index contributed by atoms with van der Waals surface area (Å²) in [7, 11) is 1.60. The molecule has 8 heteroatoms. The molecule has 0 saturated carbocycles. The Balaban J connectivity index is 1.60. The number of benzene rings is 2. The van der Waals surface area contributed by atoms with E-state index in [4.69, 9.17) is 14.7 Å². The number of nitrogens with zero attached hydrogens (tertiary/aromatic N) is 3. The normalized spacial score (nSPS) is 18.6. The number of methoxy groups -OCH3 is 1. The van der Waals surface area contributed by atoms with E-state index in [0.29, 0.717) is 23.1 Å². The topological polar surface area (TPSA) is 83.4 Å². The number of anilines is 1. The van der Waals surface area contributed by atoms with Gasteiger partial charge in [0.25, 0.3) is 5.91 Å². The minimum Gasteiger partial charge on any atom is -0.497 e. The number of thioether (sulfide) groups is 1. The van der Waals surface area contributed by atoms with Crippen LogP contribution in [0.3, 0.4) is 0 Å². The van der Waals surface area contributed by atoms with Gasteiger partial charge in [-0.1, -0.05) is 51.1 Å². The Morgan fingerprint density at radius 3 is 2.55 bits per heavy atom. The van der Waals surface area contributed by atoms with Gasteiger partial charge < -0.3 is 10.1 Å². The highest BCUT2D eigenvalue weighted by Crippen LogP contribution is 2.36. The standard InChI is InChI=1S/C25H28N4O3S/c1-5-15(3)21-24(31)29-22(28-21)18-9-7-8-10-19(18)27-25(29)33-20(6-2)23(30)26-16-11-13-17(32-4)14-12-16/h7-15,20-21H,5-6H2,1-4H3,(H,26,30)/t15-,20-,21+/m0/s1. The van der Waals surface area contributed by atoms with Gasteiger partial charge in [-0.2, -0.15) is 0 Å². The van der Waals surface area contributed by atoms with Gasteiger partial charge in [0, 0.05) is 11.3 Å². The van der Waals surface area contributed by atoms with Gasteiger partial charge in [-0.3, -0.25) is 14.6 Å². The number of hydrogen-bond donors (Lipinski definition) is 1. The minimum absolute atomic E-state index is 0.0782. The van der Waals surface area contributed by atoms with Crippen molar-refractivity contribution in [1.82, 2.24) is 4.90 Å². The van der Waals surface area contributed by atoms with Gasteiger partial charge in [-0.25, -0.2) is 9.89 Å². The molecule has 3 atom stereocenters. The molecule has 33 heavy (non-hydrogen) atoms. The minimum atomic E-state index is -0.435. The van der Waals surface area contributed by atoms with Gasteiger partial charge >= 0.3 is 0 Å². The van der Waals surface area contributed by atoms with Crippen molar-refractivity contribution >= 4 is 46.0 Å². The maximum absolute atomic E-state index is 13.4. The first-order valence-corrected chi connectivity index (χ1v) is 12.1. The molecule has 0 bridgehead atoms. The van der Waals surface area contributed by atoms with Crippen molar-refractivity contribution in [2.45, 2.75) is 44.9 Å². The fourth-order valence-corrected chi connectivity index (χ4v) is 4.81. The number of carbonyl (C=O) groups excluding carboxylic acids is 2. The van der Waals surface area contributed by atoms with Crippen molar-refractivity contribution in [2.24, 2.45) is 15.9 Å². The molecule has 2 aliphatic rings. The maximum Gasteiger partial charge on any atom is 0.259 e. The lowest BCUT2D eigenvalue weighted by Gasteiger charge is -2.27. The fourth-order valence-electron chi connectivity index (χ4n) is 3.79. The van der Waals surface area contributed by atoms with Crippen LogP contribution in [0.5, 0.6) is 5.75 Å². The van der Waals surface area contributed by atoms with E-state index in [-0.39, 0.29) is 17.7 Å². The van der Waals surface area contributed by atoms with E-state index in [1.165, 1.54) is 11.8 Å². The number of rotatable bonds is 7. The molecule has 0 unspecified atom stereocenters. The molecular weight excluding hydrogens is 436 g/mol. The second kappa shape index (κ2) is 9.79. The number of amidine groups is 2. The molecule has 1 N–H and O–H groups in total. The average molecular weight is 465 g/mol. The Bertz CT molecular complexity index is 1110. The molecule has 2 aromatic rings. The van der Waals surface area contributed by atoms with E-state index in [2.05, 4.69) is 12.2 Å². The molecule has 4 rings (SSSR count). The molecular formula is C25H28N4O3S. The summed E-state index contributed by atoms with van der Waals surface area (Å²) < 4.78 is 5.17. The molecule has 0 aliphatic carbocycles. The quantitative estimate of drug-likeness (QED) is 0.635. The molecule has 172 valence electrons. The van der Waals surface area contributed by atoms with Gasteiger partial charge in [0.2, 0.25) is 5.91 Å². The zero-order valence-electron chi connectivity index (χ0n) is 19.2. The molecule has 2 amide bonds. The summed E-state index contributed by atoms with van der Waals surface area (Å²) in [5.41, 5.74) is 2.29. The first-order chi connectivity index (χ1) is 16.0. The number of fused-ring (bicyclic) bond motifs is 3. The predicted molar refractivity (Wildman–Crippen MR) is 133 cm³/mol. The number of aliphatic imine (C=N–C) groups is 2. The summed E-state index contributed by atoms with van der Waals surface area (Å²) in [6.45, 7) is 6.05. The third kappa shape index (κ3) is 4.53. The highest BCUT2D eigenvalue weighted by Gasteiger charge is 2.43. The van der Waals surface area contributed by atoms with Crippen molar-refractivity contribution in [1.29, 1.82) is 0 Å². The van der Waals surface area contributed by atoms with Crippen LogP contribution in [0.1, 0.15) is 39.2 Å². The molecule has 0 spiro atoms. The number of carbonyl (C=O) groups is 2. The summed E-state index contributed by atoms with van der Waals surface area (Å²) in [6, 6.07) is 14.4.